The highest BCUT2D eigenvalue weighted by molar-refractivity contribution is 5.23. The predicted molar refractivity (Wildman–Crippen MR) is 63.7 cm³/mol. The second-order valence-corrected chi connectivity index (χ2v) is 3.66. The van der Waals surface area contributed by atoms with Crippen molar-refractivity contribution in [2.75, 3.05) is 7.11 Å². The van der Waals surface area contributed by atoms with Gasteiger partial charge in [-0.1, -0.05) is 30.3 Å². The fourth-order valence-corrected chi connectivity index (χ4v) is 1.66. The molecule has 2 aromatic rings. The lowest BCUT2D eigenvalue weighted by Gasteiger charge is -2.12. The predicted octanol–water partition coefficient (Wildman–Crippen LogP) is 1.76. The number of hydrogen-bond acceptors (Lipinski definition) is 4. The Labute approximate surface area is 99.9 Å². The Balaban J connectivity index is 2.17. The number of ether oxygens (including phenoxy) is 1. The molecule has 88 valence electrons. The van der Waals surface area contributed by atoms with Gasteiger partial charge in [-0.2, -0.15) is 0 Å². The molecule has 1 N–H and O–H groups in total. The molecule has 17 heavy (non-hydrogen) atoms. The van der Waals surface area contributed by atoms with Gasteiger partial charge in [0.15, 0.2) is 0 Å². The normalized spacial score (nSPS) is 12.1. The van der Waals surface area contributed by atoms with Crippen LogP contribution in [0.2, 0.25) is 0 Å². The molecule has 4 heteroatoms. The Kier molecular flexibility index (Phi) is 3.67. The van der Waals surface area contributed by atoms with Crippen LogP contribution in [0, 0.1) is 0 Å². The fraction of sp³-hybridized carbons (Fsp3) is 0.231. The number of nitrogens with zero attached hydrogens (tertiary/aromatic N) is 2. The van der Waals surface area contributed by atoms with Gasteiger partial charge in [0.25, 0.3) is 0 Å². The Morgan fingerprint density at radius 1 is 1.18 bits per heavy atom. The third-order valence-electron chi connectivity index (χ3n) is 2.47. The second kappa shape index (κ2) is 5.41. The van der Waals surface area contributed by atoms with E-state index in [-0.39, 0.29) is 0 Å². The minimum absolute atomic E-state index is 0.371. The van der Waals surface area contributed by atoms with Crippen molar-refractivity contribution < 1.29 is 9.84 Å². The lowest BCUT2D eigenvalue weighted by atomic mass is 10.1. The summed E-state index contributed by atoms with van der Waals surface area (Å²) in [5, 5.41) is 10.1. The summed E-state index contributed by atoms with van der Waals surface area (Å²) >= 11 is 0. The van der Waals surface area contributed by atoms with Gasteiger partial charge in [0, 0.05) is 18.8 Å². The minimum Gasteiger partial charge on any atom is -0.480 e. The van der Waals surface area contributed by atoms with E-state index < -0.39 is 6.10 Å². The summed E-state index contributed by atoms with van der Waals surface area (Å²) in [5.41, 5.74) is 1.52. The molecular formula is C13H14N2O2. The van der Waals surface area contributed by atoms with Crippen molar-refractivity contribution in [2.45, 2.75) is 12.5 Å². The highest BCUT2D eigenvalue weighted by Gasteiger charge is 2.15. The Hall–Kier alpha value is -1.94. The van der Waals surface area contributed by atoms with Crippen LogP contribution in [-0.4, -0.2) is 22.2 Å². The van der Waals surface area contributed by atoms with Gasteiger partial charge in [0.1, 0.15) is 11.8 Å². The van der Waals surface area contributed by atoms with E-state index in [1.165, 1.54) is 13.3 Å². The van der Waals surface area contributed by atoms with Gasteiger partial charge < -0.3 is 9.84 Å². The average molecular weight is 230 g/mol. The van der Waals surface area contributed by atoms with Crippen molar-refractivity contribution >= 4 is 0 Å². The van der Waals surface area contributed by atoms with Gasteiger partial charge in [-0.3, -0.25) is 4.98 Å². The number of methoxy groups -OCH3 is 1. The van der Waals surface area contributed by atoms with E-state index in [0.717, 1.165) is 5.56 Å². The molecule has 0 amide bonds. The molecule has 0 saturated heterocycles. The highest BCUT2D eigenvalue weighted by atomic mass is 16.5. The zero-order valence-corrected chi connectivity index (χ0v) is 9.58. The van der Waals surface area contributed by atoms with Gasteiger partial charge in [0.2, 0.25) is 5.88 Å². The van der Waals surface area contributed by atoms with Gasteiger partial charge in [-0.15, -0.1) is 0 Å². The molecule has 1 atom stereocenters. The first kappa shape index (κ1) is 11.5. The van der Waals surface area contributed by atoms with E-state index in [4.69, 9.17) is 4.74 Å². The van der Waals surface area contributed by atoms with Crippen LogP contribution in [0.15, 0.2) is 42.7 Å². The topological polar surface area (TPSA) is 55.2 Å². The van der Waals surface area contributed by atoms with Crippen LogP contribution in [0.1, 0.15) is 17.4 Å². The zero-order valence-electron chi connectivity index (χ0n) is 9.58. The molecule has 0 spiro atoms. The summed E-state index contributed by atoms with van der Waals surface area (Å²) in [4.78, 5) is 8.12. The maximum absolute atomic E-state index is 10.1. The van der Waals surface area contributed by atoms with E-state index in [1.54, 1.807) is 6.20 Å². The van der Waals surface area contributed by atoms with E-state index in [9.17, 15) is 5.11 Å². The lowest BCUT2D eigenvalue weighted by molar-refractivity contribution is 0.167. The van der Waals surface area contributed by atoms with E-state index >= 15 is 0 Å². The van der Waals surface area contributed by atoms with Crippen molar-refractivity contribution in [3.05, 3.63) is 54.0 Å². The fourth-order valence-electron chi connectivity index (χ4n) is 1.66. The van der Waals surface area contributed by atoms with Crippen molar-refractivity contribution in [2.24, 2.45) is 0 Å². The maximum atomic E-state index is 10.1. The first-order valence-electron chi connectivity index (χ1n) is 5.38. The smallest absolute Gasteiger partial charge is 0.238 e. The van der Waals surface area contributed by atoms with Crippen molar-refractivity contribution in [1.82, 2.24) is 9.97 Å². The van der Waals surface area contributed by atoms with Crippen molar-refractivity contribution in [3.8, 4) is 5.88 Å². The van der Waals surface area contributed by atoms with Crippen LogP contribution in [0.4, 0.5) is 0 Å². The first-order valence-corrected chi connectivity index (χ1v) is 5.38. The number of hydrogen-bond donors (Lipinski definition) is 1. The lowest BCUT2D eigenvalue weighted by Crippen LogP contribution is -2.07. The molecule has 2 rings (SSSR count). The average Bonchev–Trinajstić information content (AvgIpc) is 2.40. The zero-order chi connectivity index (χ0) is 12.1. The molecule has 0 saturated carbocycles. The number of benzene rings is 1. The quantitative estimate of drug-likeness (QED) is 0.869. The number of rotatable bonds is 4. The van der Waals surface area contributed by atoms with Crippen LogP contribution < -0.4 is 4.74 Å². The summed E-state index contributed by atoms with van der Waals surface area (Å²) in [6.45, 7) is 0. The maximum Gasteiger partial charge on any atom is 0.238 e. The monoisotopic (exact) mass is 230 g/mol. The van der Waals surface area contributed by atoms with Gasteiger partial charge >= 0.3 is 0 Å². The van der Waals surface area contributed by atoms with Crippen LogP contribution >= 0.6 is 0 Å². The van der Waals surface area contributed by atoms with Crippen LogP contribution in [0.5, 0.6) is 5.88 Å². The molecule has 1 aromatic carbocycles. The highest BCUT2D eigenvalue weighted by Crippen LogP contribution is 2.22. The van der Waals surface area contributed by atoms with Crippen LogP contribution in [-0.2, 0) is 6.42 Å². The van der Waals surface area contributed by atoms with E-state index in [2.05, 4.69) is 9.97 Å². The third-order valence-corrected chi connectivity index (χ3v) is 2.47. The molecule has 0 bridgehead atoms. The molecule has 0 aliphatic carbocycles. The minimum atomic E-state index is -0.707. The molecule has 0 aliphatic heterocycles. The largest absolute Gasteiger partial charge is 0.480 e. The third kappa shape index (κ3) is 2.79. The standard InChI is InChI=1S/C13H14N2O2/c1-17-13-12(14-7-8-15-13)11(16)9-10-5-3-2-4-6-10/h2-8,11,16H,9H2,1H3. The molecule has 1 aromatic heterocycles. The number of aliphatic hydroxyl groups excluding tert-OH is 1. The SMILES string of the molecule is COc1nccnc1C(O)Cc1ccccc1. The molecule has 4 nitrogen and oxygen atoms in total. The first-order chi connectivity index (χ1) is 8.31. The van der Waals surface area contributed by atoms with Gasteiger partial charge in [0.05, 0.1) is 7.11 Å². The molecule has 0 fully saturated rings. The second-order valence-electron chi connectivity index (χ2n) is 3.66. The Morgan fingerprint density at radius 3 is 2.59 bits per heavy atom. The molecular weight excluding hydrogens is 216 g/mol. The van der Waals surface area contributed by atoms with E-state index in [1.807, 2.05) is 30.3 Å². The Bertz CT molecular complexity index is 474. The van der Waals surface area contributed by atoms with Crippen molar-refractivity contribution in [1.29, 1.82) is 0 Å². The molecule has 0 radical (unpaired) electrons. The van der Waals surface area contributed by atoms with Crippen LogP contribution in [0.25, 0.3) is 0 Å². The summed E-state index contributed by atoms with van der Waals surface area (Å²) in [6, 6.07) is 9.75. The van der Waals surface area contributed by atoms with Gasteiger partial charge in [-0.25, -0.2) is 4.98 Å². The Morgan fingerprint density at radius 2 is 1.88 bits per heavy atom. The summed E-state index contributed by atoms with van der Waals surface area (Å²) < 4.78 is 5.07. The number of aliphatic hydroxyl groups is 1. The molecule has 0 aliphatic rings. The van der Waals surface area contributed by atoms with Crippen molar-refractivity contribution in [3.63, 3.8) is 0 Å². The van der Waals surface area contributed by atoms with Crippen LogP contribution in [0.3, 0.4) is 0 Å². The molecule has 1 unspecified atom stereocenters. The summed E-state index contributed by atoms with van der Waals surface area (Å²) in [7, 11) is 1.52. The van der Waals surface area contributed by atoms with E-state index in [0.29, 0.717) is 18.0 Å². The summed E-state index contributed by atoms with van der Waals surface area (Å²) in [5.74, 6) is 0.371. The van der Waals surface area contributed by atoms with Gasteiger partial charge in [-0.05, 0) is 5.56 Å². The molecule has 1 heterocycles. The summed E-state index contributed by atoms with van der Waals surface area (Å²) in [6.07, 6.45) is 2.88. The number of aromatic nitrogens is 2.